The van der Waals surface area contributed by atoms with Crippen LogP contribution < -0.4 is 34.7 Å². The fourth-order valence-electron chi connectivity index (χ4n) is 0. The molecule has 0 aromatic heterocycles. The Balaban J connectivity index is -0.000000125. The van der Waals surface area contributed by atoms with Crippen molar-refractivity contribution in [1.29, 1.82) is 0 Å². The summed E-state index contributed by atoms with van der Waals surface area (Å²) in [5.74, 6) is -1.30. The number of carboxylic acids is 1. The zero-order chi connectivity index (χ0) is 5.15. The molecule has 0 rings (SSSR count). The van der Waals surface area contributed by atoms with Crippen LogP contribution in [0.3, 0.4) is 0 Å². The maximum absolute atomic E-state index is 9.63. The summed E-state index contributed by atoms with van der Waals surface area (Å²) in [6.45, 7) is 1.09. The third kappa shape index (κ3) is 9.63. The molecule has 0 radical (unpaired) electrons. The number of hydrogen-bond donors (Lipinski definition) is 1. The van der Waals surface area contributed by atoms with Crippen molar-refractivity contribution in [3.63, 3.8) is 0 Å². The fourth-order valence-corrected chi connectivity index (χ4v) is 0. The molecule has 0 fully saturated rings. The van der Waals surface area contributed by atoms with Crippen LogP contribution in [0.5, 0.6) is 0 Å². The summed E-state index contributed by atoms with van der Waals surface area (Å²) < 4.78 is 0. The van der Waals surface area contributed by atoms with E-state index >= 15 is 0 Å². The van der Waals surface area contributed by atoms with E-state index in [0.29, 0.717) is 0 Å². The summed E-state index contributed by atoms with van der Waals surface area (Å²) in [7, 11) is 0. The molecule has 0 saturated carbocycles. The van der Waals surface area contributed by atoms with Gasteiger partial charge in [0.25, 0.3) is 5.97 Å². The summed E-state index contributed by atoms with van der Waals surface area (Å²) in [4.78, 5) is 9.39. The minimum Gasteiger partial charge on any atom is -0.844 e. The fraction of sp³-hybridized carbons (Fsp3) is 0.667. The maximum Gasteiger partial charge on any atom is 1.00 e. The van der Waals surface area contributed by atoms with Crippen LogP contribution in [0.2, 0.25) is 0 Å². The van der Waals surface area contributed by atoms with Gasteiger partial charge in [-0.3, -0.25) is 4.79 Å². The van der Waals surface area contributed by atoms with Crippen LogP contribution in [0.1, 0.15) is 6.92 Å². The number of carbonyl (C=O) groups is 1. The Morgan fingerprint density at radius 2 is 1.88 bits per heavy atom. The molecule has 0 aliphatic rings. The van der Waals surface area contributed by atoms with Gasteiger partial charge < -0.3 is 15.7 Å². The third-order valence-electron chi connectivity index (χ3n) is 0.348. The van der Waals surface area contributed by atoms with Gasteiger partial charge in [0.15, 0.2) is 0 Å². The van der Waals surface area contributed by atoms with Crippen molar-refractivity contribution in [2.45, 2.75) is 13.0 Å². The molecule has 4 nitrogen and oxygen atoms in total. The first kappa shape index (κ1) is 15.8. The van der Waals surface area contributed by atoms with E-state index in [9.17, 15) is 9.90 Å². The summed E-state index contributed by atoms with van der Waals surface area (Å²) in [6, 6.07) is 0. The van der Waals surface area contributed by atoms with E-state index in [4.69, 9.17) is 5.11 Å². The first-order chi connectivity index (χ1) is 2.64. The van der Waals surface area contributed by atoms with Gasteiger partial charge in [-0.15, -0.1) is 0 Å². The van der Waals surface area contributed by atoms with E-state index in [0.717, 1.165) is 6.92 Å². The number of rotatable bonds is 1. The Bertz CT molecular complexity index is 62.3. The van der Waals surface area contributed by atoms with Crippen LogP contribution in [0.25, 0.3) is 0 Å². The number of carboxylic acid groups (broad SMARTS) is 1. The molecular weight excluding hydrogens is 123 g/mol. The van der Waals surface area contributed by atoms with Gasteiger partial charge >= 0.3 is 29.6 Å². The van der Waals surface area contributed by atoms with Crippen molar-refractivity contribution in [2.24, 2.45) is 0 Å². The molecule has 0 saturated heterocycles. The van der Waals surface area contributed by atoms with Gasteiger partial charge in [-0.1, -0.05) is 6.92 Å². The van der Waals surface area contributed by atoms with Gasteiger partial charge in [-0.05, 0) is 6.10 Å². The smallest absolute Gasteiger partial charge is 0.844 e. The van der Waals surface area contributed by atoms with Crippen LogP contribution in [-0.2, 0) is 4.79 Å². The molecule has 0 aliphatic carbocycles. The predicted molar refractivity (Wildman–Crippen MR) is 20.7 cm³/mol. The van der Waals surface area contributed by atoms with Crippen LogP contribution in [0.4, 0.5) is 0 Å². The maximum atomic E-state index is 9.63. The van der Waals surface area contributed by atoms with Crippen LogP contribution in [0.15, 0.2) is 0 Å². The molecule has 8 heavy (non-hydrogen) atoms. The average Bonchev–Trinajstić information content (AvgIpc) is 1.36. The number of hydrogen-bond acceptors (Lipinski definition) is 2. The van der Waals surface area contributed by atoms with Crippen molar-refractivity contribution in [3.05, 3.63) is 0 Å². The number of aliphatic carboxylic acids is 1. The molecular formula is C3H7NaO4. The van der Waals surface area contributed by atoms with Gasteiger partial charge in [0, 0.05) is 0 Å². The van der Waals surface area contributed by atoms with Crippen molar-refractivity contribution >= 4 is 5.97 Å². The van der Waals surface area contributed by atoms with E-state index in [-0.39, 0.29) is 35.0 Å². The molecule has 0 amide bonds. The molecule has 0 aromatic rings. The monoisotopic (exact) mass is 130 g/mol. The Kier molecular flexibility index (Phi) is 14.6. The molecule has 5 heteroatoms. The van der Waals surface area contributed by atoms with Gasteiger partial charge in [-0.25, -0.2) is 0 Å². The van der Waals surface area contributed by atoms with E-state index < -0.39 is 12.1 Å². The average molecular weight is 130 g/mol. The van der Waals surface area contributed by atoms with E-state index in [1.54, 1.807) is 0 Å². The molecule has 1 unspecified atom stereocenters. The Hall–Kier alpha value is 0.390. The minimum absolute atomic E-state index is 0. The first-order valence-corrected chi connectivity index (χ1v) is 1.53. The molecule has 3 N–H and O–H groups in total. The topological polar surface area (TPSA) is 91.9 Å². The van der Waals surface area contributed by atoms with Crippen LogP contribution in [0, 0.1) is 0 Å². The quantitative estimate of drug-likeness (QED) is 0.360. The summed E-state index contributed by atoms with van der Waals surface area (Å²) >= 11 is 0. The Morgan fingerprint density at radius 1 is 1.75 bits per heavy atom. The zero-order valence-corrected chi connectivity index (χ0v) is 6.84. The standard InChI is InChI=1S/C3H5O3.Na.H2O/c1-2(4)3(5)6;;/h2H,1H3,(H,5,6);;1H2/q-1;+1;. The van der Waals surface area contributed by atoms with Crippen molar-refractivity contribution in [2.75, 3.05) is 0 Å². The molecule has 0 aromatic carbocycles. The zero-order valence-electron chi connectivity index (χ0n) is 4.84. The molecule has 0 spiro atoms. The summed E-state index contributed by atoms with van der Waals surface area (Å²) in [5, 5.41) is 17.3. The van der Waals surface area contributed by atoms with Crippen molar-refractivity contribution in [3.8, 4) is 0 Å². The SMILES string of the molecule is CC([O-])C(=O)O.O.[Na+]. The Morgan fingerprint density at radius 3 is 1.88 bits per heavy atom. The second-order valence-electron chi connectivity index (χ2n) is 0.980. The third-order valence-corrected chi connectivity index (χ3v) is 0.348. The van der Waals surface area contributed by atoms with Gasteiger partial charge in [0.05, 0.1) is 0 Å². The largest absolute Gasteiger partial charge is 1.00 e. The van der Waals surface area contributed by atoms with E-state index in [1.807, 2.05) is 0 Å². The molecule has 44 valence electrons. The van der Waals surface area contributed by atoms with Crippen LogP contribution in [-0.4, -0.2) is 22.7 Å². The summed E-state index contributed by atoms with van der Waals surface area (Å²) in [5.41, 5.74) is 0. The second-order valence-corrected chi connectivity index (χ2v) is 0.980. The van der Waals surface area contributed by atoms with Gasteiger partial charge in [0.1, 0.15) is 0 Å². The van der Waals surface area contributed by atoms with Gasteiger partial charge in [0.2, 0.25) is 0 Å². The second kappa shape index (κ2) is 7.39. The molecule has 0 bridgehead atoms. The predicted octanol–water partition coefficient (Wildman–Crippen LogP) is -5.00. The first-order valence-electron chi connectivity index (χ1n) is 1.53. The minimum atomic E-state index is -1.48. The normalized spacial score (nSPS) is 10.2. The van der Waals surface area contributed by atoms with Crippen LogP contribution >= 0.6 is 0 Å². The Labute approximate surface area is 69.1 Å². The summed E-state index contributed by atoms with van der Waals surface area (Å²) in [6.07, 6.45) is -1.48. The molecule has 1 atom stereocenters. The van der Waals surface area contributed by atoms with E-state index in [1.165, 1.54) is 0 Å². The van der Waals surface area contributed by atoms with Gasteiger partial charge in [-0.2, -0.15) is 0 Å². The van der Waals surface area contributed by atoms with Crippen molar-refractivity contribution < 1.29 is 50.0 Å². The van der Waals surface area contributed by atoms with E-state index in [2.05, 4.69) is 0 Å². The van der Waals surface area contributed by atoms with Crippen molar-refractivity contribution in [1.82, 2.24) is 0 Å². The molecule has 0 heterocycles. The molecule has 0 aliphatic heterocycles.